The maximum atomic E-state index is 13.7. The normalized spacial score (nSPS) is 18.9. The van der Waals surface area contributed by atoms with Crippen LogP contribution in [0, 0.1) is 11.8 Å². The van der Waals surface area contributed by atoms with E-state index in [4.69, 9.17) is 5.73 Å². The number of nitrogens with two attached hydrogens (primary N) is 1. The van der Waals surface area contributed by atoms with E-state index in [-0.39, 0.29) is 29.7 Å². The molecule has 4 aromatic rings. The Balaban J connectivity index is 1.16. The van der Waals surface area contributed by atoms with Crippen molar-refractivity contribution in [1.29, 1.82) is 0 Å². The van der Waals surface area contributed by atoms with Crippen molar-refractivity contribution in [2.45, 2.75) is 57.0 Å². The summed E-state index contributed by atoms with van der Waals surface area (Å²) in [6.45, 7) is 2.43. The Morgan fingerprint density at radius 1 is 0.854 bits per heavy atom. The Bertz CT molecular complexity index is 1660. The lowest BCUT2D eigenvalue weighted by Gasteiger charge is -2.28. The van der Waals surface area contributed by atoms with Crippen LogP contribution in [0.5, 0.6) is 0 Å². The average Bonchev–Trinajstić information content (AvgIpc) is 3.68. The molecule has 6 rings (SSSR count). The number of anilines is 1. The molecule has 7 N–H and O–H groups in total. The summed E-state index contributed by atoms with van der Waals surface area (Å²) in [6, 6.07) is 21.9. The predicted molar refractivity (Wildman–Crippen MR) is 184 cm³/mol. The van der Waals surface area contributed by atoms with Crippen molar-refractivity contribution in [3.8, 4) is 22.5 Å². The Morgan fingerprint density at radius 3 is 2.25 bits per heavy atom. The maximum absolute atomic E-state index is 13.7. The second-order valence-electron chi connectivity index (χ2n) is 12.8. The van der Waals surface area contributed by atoms with E-state index >= 15 is 0 Å². The van der Waals surface area contributed by atoms with Gasteiger partial charge in [-0.2, -0.15) is 5.21 Å². The Kier molecular flexibility index (Phi) is 10.8. The van der Waals surface area contributed by atoms with Gasteiger partial charge < -0.3 is 27.0 Å². The first-order valence-corrected chi connectivity index (χ1v) is 16.8. The minimum Gasteiger partial charge on any atom is -0.349 e. The number of aromatic amines is 1. The molecule has 1 aliphatic carbocycles. The minimum atomic E-state index is -0.796. The molecule has 2 fully saturated rings. The summed E-state index contributed by atoms with van der Waals surface area (Å²) in [5.74, 6) is 0.261. The zero-order valence-corrected chi connectivity index (χ0v) is 27.0. The zero-order chi connectivity index (χ0) is 33.3. The SMILES string of the molecule is NCC1CCC(C(=O)N[C@@H](Cc2ccc(-c3ccccc3C(=O)NC3CCNCC3)cc2)C(=O)Nc2ccc(-c3nn[nH]n3)cc2)CC1. The van der Waals surface area contributed by atoms with E-state index in [0.29, 0.717) is 36.0 Å². The molecule has 12 heteroatoms. The quantitative estimate of drug-likeness (QED) is 0.143. The third-order valence-electron chi connectivity index (χ3n) is 9.49. The lowest BCUT2D eigenvalue weighted by atomic mass is 9.81. The maximum Gasteiger partial charge on any atom is 0.252 e. The van der Waals surface area contributed by atoms with Gasteiger partial charge in [0.1, 0.15) is 6.04 Å². The van der Waals surface area contributed by atoms with Gasteiger partial charge in [0.2, 0.25) is 17.6 Å². The van der Waals surface area contributed by atoms with Crippen LogP contribution in [-0.4, -0.2) is 70.1 Å². The molecule has 1 aliphatic heterocycles. The number of rotatable bonds is 11. The number of benzene rings is 3. The molecule has 1 atom stereocenters. The van der Waals surface area contributed by atoms with Gasteiger partial charge in [-0.15, -0.1) is 10.2 Å². The molecular weight excluding hydrogens is 606 g/mol. The first-order chi connectivity index (χ1) is 23.5. The molecule has 1 aromatic heterocycles. The fraction of sp³-hybridized carbons (Fsp3) is 0.389. The number of amides is 3. The van der Waals surface area contributed by atoms with E-state index in [1.807, 2.05) is 48.5 Å². The van der Waals surface area contributed by atoms with E-state index in [9.17, 15) is 14.4 Å². The van der Waals surface area contributed by atoms with Gasteiger partial charge in [-0.05, 0) is 116 Å². The van der Waals surface area contributed by atoms with Gasteiger partial charge in [-0.25, -0.2) is 0 Å². The second-order valence-corrected chi connectivity index (χ2v) is 12.8. The van der Waals surface area contributed by atoms with Crippen LogP contribution in [0.25, 0.3) is 22.5 Å². The molecule has 3 amide bonds. The number of aromatic nitrogens is 4. The lowest BCUT2D eigenvalue weighted by Crippen LogP contribution is -2.48. The minimum absolute atomic E-state index is 0.0770. The van der Waals surface area contributed by atoms with Gasteiger partial charge in [-0.3, -0.25) is 14.4 Å². The lowest BCUT2D eigenvalue weighted by molar-refractivity contribution is -0.130. The molecule has 0 bridgehead atoms. The van der Waals surface area contributed by atoms with E-state index in [2.05, 4.69) is 41.9 Å². The topological polar surface area (TPSA) is 180 Å². The standard InChI is InChI=1S/C36H43N9O3/c37-22-24-7-11-27(12-8-24)34(46)41-32(36(48)40-28-15-13-26(14-16-28)33-42-44-45-43-33)21-23-5-9-25(10-6-23)30-3-1-2-4-31(30)35(47)39-29-17-19-38-20-18-29/h1-6,9-10,13-16,24,27,29,32,38H,7-8,11-12,17-22,37H2,(H,39,47)(H,40,48)(H,41,46)(H,42,43,44,45)/t24?,27?,32-/m0/s1. The van der Waals surface area contributed by atoms with Crippen LogP contribution < -0.4 is 27.0 Å². The van der Waals surface area contributed by atoms with Crippen molar-refractivity contribution < 1.29 is 14.4 Å². The Labute approximate surface area is 280 Å². The summed E-state index contributed by atoms with van der Waals surface area (Å²) >= 11 is 0. The summed E-state index contributed by atoms with van der Waals surface area (Å²) in [5, 5.41) is 26.6. The number of nitrogens with one attached hydrogen (secondary N) is 5. The Hall–Kier alpha value is -4.94. The van der Waals surface area contributed by atoms with Crippen molar-refractivity contribution in [2.75, 3.05) is 25.0 Å². The van der Waals surface area contributed by atoms with Crippen LogP contribution in [0.2, 0.25) is 0 Å². The number of carbonyl (C=O) groups is 3. The summed E-state index contributed by atoms with van der Waals surface area (Å²) in [5.41, 5.74) is 10.5. The van der Waals surface area contributed by atoms with Crippen molar-refractivity contribution in [1.82, 2.24) is 36.6 Å². The van der Waals surface area contributed by atoms with E-state index in [1.165, 1.54) is 0 Å². The number of piperidine rings is 1. The van der Waals surface area contributed by atoms with Gasteiger partial charge in [0.05, 0.1) is 0 Å². The molecular formula is C36H43N9O3. The molecule has 1 saturated heterocycles. The number of H-pyrrole nitrogens is 1. The third-order valence-corrected chi connectivity index (χ3v) is 9.49. The van der Waals surface area contributed by atoms with Crippen molar-refractivity contribution in [3.63, 3.8) is 0 Å². The van der Waals surface area contributed by atoms with Crippen molar-refractivity contribution in [2.24, 2.45) is 17.6 Å². The Morgan fingerprint density at radius 2 is 1.56 bits per heavy atom. The van der Waals surface area contributed by atoms with Gasteiger partial charge in [0.15, 0.2) is 0 Å². The smallest absolute Gasteiger partial charge is 0.252 e. The van der Waals surface area contributed by atoms with E-state index in [1.54, 1.807) is 24.3 Å². The summed E-state index contributed by atoms with van der Waals surface area (Å²) in [6.07, 6.45) is 5.48. The molecule has 0 radical (unpaired) electrons. The second kappa shape index (κ2) is 15.8. The highest BCUT2D eigenvalue weighted by molar-refractivity contribution is 6.01. The van der Waals surface area contributed by atoms with E-state index < -0.39 is 6.04 Å². The number of hydrogen-bond donors (Lipinski definition) is 6. The first-order valence-electron chi connectivity index (χ1n) is 16.8. The van der Waals surface area contributed by atoms with Crippen LogP contribution in [0.3, 0.4) is 0 Å². The molecule has 3 aromatic carbocycles. The fourth-order valence-corrected chi connectivity index (χ4v) is 6.59. The van der Waals surface area contributed by atoms with Gasteiger partial charge in [-0.1, -0.05) is 42.5 Å². The molecule has 12 nitrogen and oxygen atoms in total. The number of carbonyl (C=O) groups excluding carboxylic acids is 3. The monoisotopic (exact) mass is 649 g/mol. The summed E-state index contributed by atoms with van der Waals surface area (Å²) in [4.78, 5) is 40.4. The predicted octanol–water partition coefficient (Wildman–Crippen LogP) is 3.45. The third kappa shape index (κ3) is 8.31. The summed E-state index contributed by atoms with van der Waals surface area (Å²) < 4.78 is 0. The zero-order valence-electron chi connectivity index (χ0n) is 27.0. The van der Waals surface area contributed by atoms with Crippen LogP contribution in [0.15, 0.2) is 72.8 Å². The van der Waals surface area contributed by atoms with Gasteiger partial charge >= 0.3 is 0 Å². The first kappa shape index (κ1) is 33.0. The highest BCUT2D eigenvalue weighted by atomic mass is 16.2. The van der Waals surface area contributed by atoms with Crippen LogP contribution >= 0.6 is 0 Å². The van der Waals surface area contributed by atoms with Crippen LogP contribution in [-0.2, 0) is 16.0 Å². The van der Waals surface area contributed by atoms with Crippen molar-refractivity contribution >= 4 is 23.4 Å². The van der Waals surface area contributed by atoms with Crippen molar-refractivity contribution in [3.05, 3.63) is 83.9 Å². The average molecular weight is 650 g/mol. The number of tetrazole rings is 1. The van der Waals surface area contributed by atoms with Gasteiger partial charge in [0, 0.05) is 35.2 Å². The van der Waals surface area contributed by atoms with E-state index in [0.717, 1.165) is 73.9 Å². The van der Waals surface area contributed by atoms with Crippen LogP contribution in [0.4, 0.5) is 5.69 Å². The number of hydrogen-bond acceptors (Lipinski definition) is 8. The summed E-state index contributed by atoms with van der Waals surface area (Å²) in [7, 11) is 0. The molecule has 2 heterocycles. The highest BCUT2D eigenvalue weighted by Gasteiger charge is 2.29. The molecule has 250 valence electrons. The molecule has 48 heavy (non-hydrogen) atoms. The molecule has 2 aliphatic rings. The molecule has 1 saturated carbocycles. The fourth-order valence-electron chi connectivity index (χ4n) is 6.59. The van der Waals surface area contributed by atoms with Crippen LogP contribution in [0.1, 0.15) is 54.4 Å². The molecule has 0 unspecified atom stereocenters. The number of nitrogens with zero attached hydrogens (tertiary/aromatic N) is 3. The highest BCUT2D eigenvalue weighted by Crippen LogP contribution is 2.29. The largest absolute Gasteiger partial charge is 0.349 e. The van der Waals surface area contributed by atoms with Gasteiger partial charge in [0.25, 0.3) is 5.91 Å². The molecule has 0 spiro atoms.